The lowest BCUT2D eigenvalue weighted by Crippen LogP contribution is -2.62. The van der Waals surface area contributed by atoms with Crippen LogP contribution < -0.4 is 10.0 Å². The second kappa shape index (κ2) is 7.73. The maximum atomic E-state index is 12.0. The summed E-state index contributed by atoms with van der Waals surface area (Å²) >= 11 is 0. The van der Waals surface area contributed by atoms with Crippen LogP contribution in [0.4, 0.5) is 0 Å². The van der Waals surface area contributed by atoms with E-state index in [0.29, 0.717) is 13.0 Å². The second-order valence-electron chi connectivity index (χ2n) is 6.09. The van der Waals surface area contributed by atoms with E-state index in [1.807, 2.05) is 6.92 Å². The predicted molar refractivity (Wildman–Crippen MR) is 82.3 cm³/mol. The minimum atomic E-state index is -3.18. The van der Waals surface area contributed by atoms with E-state index in [4.69, 9.17) is 4.74 Å². The molecule has 0 aromatic carbocycles. The quantitative estimate of drug-likeness (QED) is 0.600. The predicted octanol–water partition coefficient (Wildman–Crippen LogP) is 1.50. The van der Waals surface area contributed by atoms with E-state index in [1.54, 1.807) is 0 Å². The average molecular weight is 306 g/mol. The van der Waals surface area contributed by atoms with Crippen molar-refractivity contribution in [1.29, 1.82) is 0 Å². The van der Waals surface area contributed by atoms with Crippen LogP contribution in [0.2, 0.25) is 0 Å². The zero-order chi connectivity index (χ0) is 15.2. The van der Waals surface area contributed by atoms with Crippen LogP contribution in [0.5, 0.6) is 0 Å². The fraction of sp³-hybridized carbons (Fsp3) is 1.00. The van der Waals surface area contributed by atoms with Gasteiger partial charge in [0, 0.05) is 18.1 Å². The van der Waals surface area contributed by atoms with E-state index < -0.39 is 10.0 Å². The number of nitrogens with one attached hydrogen (secondary N) is 2. The standard InChI is InChI=1S/C14H30N2O3S/c1-5-8-15-9-7-10-20(17,18)16-12-11-13(19-6-2)14(12,3)4/h12-13,15-16H,5-11H2,1-4H3. The molecule has 5 nitrogen and oxygen atoms in total. The third-order valence-electron chi connectivity index (χ3n) is 4.06. The van der Waals surface area contributed by atoms with Gasteiger partial charge in [-0.2, -0.15) is 0 Å². The van der Waals surface area contributed by atoms with Crippen LogP contribution in [0.1, 0.15) is 47.0 Å². The highest BCUT2D eigenvalue weighted by Crippen LogP contribution is 2.43. The summed E-state index contributed by atoms with van der Waals surface area (Å²) in [6.45, 7) is 10.6. The smallest absolute Gasteiger partial charge is 0.211 e. The number of hydrogen-bond donors (Lipinski definition) is 2. The van der Waals surface area contributed by atoms with Gasteiger partial charge in [-0.05, 0) is 39.3 Å². The summed E-state index contributed by atoms with van der Waals surface area (Å²) in [5.74, 6) is 0.190. The Balaban J connectivity index is 2.33. The molecule has 0 spiro atoms. The Morgan fingerprint density at radius 1 is 1.25 bits per heavy atom. The molecule has 0 bridgehead atoms. The first-order valence-corrected chi connectivity index (χ1v) is 9.31. The summed E-state index contributed by atoms with van der Waals surface area (Å²) in [6, 6.07) is -0.00680. The largest absolute Gasteiger partial charge is 0.378 e. The van der Waals surface area contributed by atoms with Crippen molar-refractivity contribution < 1.29 is 13.2 Å². The summed E-state index contributed by atoms with van der Waals surface area (Å²) in [5, 5.41) is 3.22. The lowest BCUT2D eigenvalue weighted by atomic mass is 9.65. The molecule has 120 valence electrons. The van der Waals surface area contributed by atoms with Crippen molar-refractivity contribution in [3.05, 3.63) is 0 Å². The van der Waals surface area contributed by atoms with E-state index >= 15 is 0 Å². The lowest BCUT2D eigenvalue weighted by molar-refractivity contribution is -0.108. The van der Waals surface area contributed by atoms with Gasteiger partial charge >= 0.3 is 0 Å². The van der Waals surface area contributed by atoms with Crippen molar-refractivity contribution in [2.24, 2.45) is 5.41 Å². The van der Waals surface area contributed by atoms with Gasteiger partial charge < -0.3 is 10.1 Å². The Bertz CT molecular complexity index is 382. The Labute approximate surface area is 123 Å². The van der Waals surface area contributed by atoms with Crippen LogP contribution in [0.25, 0.3) is 0 Å². The number of ether oxygens (including phenoxy) is 1. The zero-order valence-corrected chi connectivity index (χ0v) is 14.1. The molecule has 1 aliphatic carbocycles. The van der Waals surface area contributed by atoms with Crippen molar-refractivity contribution in [1.82, 2.24) is 10.0 Å². The average Bonchev–Trinajstić information content (AvgIpc) is 2.37. The van der Waals surface area contributed by atoms with E-state index in [0.717, 1.165) is 25.9 Å². The molecule has 2 atom stereocenters. The third-order valence-corrected chi connectivity index (χ3v) is 5.53. The van der Waals surface area contributed by atoms with E-state index in [-0.39, 0.29) is 23.3 Å². The van der Waals surface area contributed by atoms with Crippen LogP contribution in [0.3, 0.4) is 0 Å². The Kier molecular flexibility index (Phi) is 6.91. The van der Waals surface area contributed by atoms with E-state index in [9.17, 15) is 8.42 Å². The summed E-state index contributed by atoms with van der Waals surface area (Å²) in [5.41, 5.74) is -0.121. The maximum Gasteiger partial charge on any atom is 0.211 e. The van der Waals surface area contributed by atoms with Gasteiger partial charge in [-0.3, -0.25) is 0 Å². The normalized spacial score (nSPS) is 25.4. The van der Waals surface area contributed by atoms with E-state index in [2.05, 4.69) is 30.8 Å². The molecular formula is C14H30N2O3S. The molecular weight excluding hydrogens is 276 g/mol. The topological polar surface area (TPSA) is 67.4 Å². The molecule has 0 aromatic heterocycles. The van der Waals surface area contributed by atoms with Crippen LogP contribution in [0.15, 0.2) is 0 Å². The van der Waals surface area contributed by atoms with Crippen molar-refractivity contribution in [2.45, 2.75) is 59.1 Å². The SMILES string of the molecule is CCCNCCCS(=O)(=O)NC1CC(OCC)C1(C)C. The molecule has 1 fully saturated rings. The maximum absolute atomic E-state index is 12.0. The van der Waals surface area contributed by atoms with Crippen LogP contribution in [-0.4, -0.2) is 46.0 Å². The third kappa shape index (κ3) is 4.98. The second-order valence-corrected chi connectivity index (χ2v) is 7.97. The molecule has 0 aliphatic heterocycles. The summed E-state index contributed by atoms with van der Waals surface area (Å²) in [6.07, 6.45) is 2.65. The highest BCUT2D eigenvalue weighted by Gasteiger charge is 2.50. The van der Waals surface area contributed by atoms with Gasteiger partial charge in [-0.25, -0.2) is 13.1 Å². The van der Waals surface area contributed by atoms with Crippen LogP contribution in [0, 0.1) is 5.41 Å². The molecule has 6 heteroatoms. The molecule has 0 amide bonds. The minimum Gasteiger partial charge on any atom is -0.378 e. The van der Waals surface area contributed by atoms with Gasteiger partial charge in [0.05, 0.1) is 11.9 Å². The van der Waals surface area contributed by atoms with Gasteiger partial charge in [0.1, 0.15) is 0 Å². The molecule has 1 rings (SSSR count). The monoisotopic (exact) mass is 306 g/mol. The molecule has 20 heavy (non-hydrogen) atoms. The summed E-state index contributed by atoms with van der Waals surface area (Å²) in [7, 11) is -3.18. The van der Waals surface area contributed by atoms with Crippen molar-refractivity contribution in [2.75, 3.05) is 25.4 Å². The molecule has 2 unspecified atom stereocenters. The van der Waals surface area contributed by atoms with Crippen molar-refractivity contribution >= 4 is 10.0 Å². The Morgan fingerprint density at radius 3 is 2.50 bits per heavy atom. The molecule has 0 saturated heterocycles. The van der Waals surface area contributed by atoms with Gasteiger partial charge in [0.15, 0.2) is 0 Å². The first-order chi connectivity index (χ1) is 9.33. The lowest BCUT2D eigenvalue weighted by Gasteiger charge is -2.51. The summed E-state index contributed by atoms with van der Waals surface area (Å²) < 4.78 is 32.5. The molecule has 1 aliphatic rings. The first kappa shape index (κ1) is 17.9. The zero-order valence-electron chi connectivity index (χ0n) is 13.2. The Morgan fingerprint density at radius 2 is 1.95 bits per heavy atom. The fourth-order valence-electron chi connectivity index (χ4n) is 2.53. The Hall–Kier alpha value is -0.170. The van der Waals surface area contributed by atoms with Gasteiger partial charge in [0.25, 0.3) is 0 Å². The summed E-state index contributed by atoms with van der Waals surface area (Å²) in [4.78, 5) is 0. The molecule has 0 radical (unpaired) electrons. The van der Waals surface area contributed by atoms with Crippen LogP contribution in [-0.2, 0) is 14.8 Å². The highest BCUT2D eigenvalue weighted by molar-refractivity contribution is 7.89. The van der Waals surface area contributed by atoms with Crippen molar-refractivity contribution in [3.63, 3.8) is 0 Å². The van der Waals surface area contributed by atoms with Crippen molar-refractivity contribution in [3.8, 4) is 0 Å². The fourth-order valence-corrected chi connectivity index (χ4v) is 4.01. The van der Waals surface area contributed by atoms with E-state index in [1.165, 1.54) is 0 Å². The molecule has 0 heterocycles. The molecule has 0 aromatic rings. The minimum absolute atomic E-state index is 0.00680. The van der Waals surface area contributed by atoms with Gasteiger partial charge in [0.2, 0.25) is 10.0 Å². The highest BCUT2D eigenvalue weighted by atomic mass is 32.2. The van der Waals surface area contributed by atoms with Gasteiger partial charge in [-0.1, -0.05) is 20.8 Å². The number of rotatable bonds is 10. The molecule has 1 saturated carbocycles. The van der Waals surface area contributed by atoms with Gasteiger partial charge in [-0.15, -0.1) is 0 Å². The number of hydrogen-bond acceptors (Lipinski definition) is 4. The molecule has 2 N–H and O–H groups in total. The van der Waals surface area contributed by atoms with Crippen LogP contribution >= 0.6 is 0 Å². The number of sulfonamides is 1. The first-order valence-electron chi connectivity index (χ1n) is 7.65.